The van der Waals surface area contributed by atoms with E-state index in [4.69, 9.17) is 18.6 Å². The van der Waals surface area contributed by atoms with E-state index in [2.05, 4.69) is 0 Å². The lowest BCUT2D eigenvalue weighted by molar-refractivity contribution is -0.153. The Labute approximate surface area is 181 Å². The number of ether oxygens (including phenoxy) is 3. The van der Waals surface area contributed by atoms with Crippen LogP contribution in [-0.2, 0) is 22.9 Å². The van der Waals surface area contributed by atoms with Crippen molar-refractivity contribution in [1.82, 2.24) is 0 Å². The van der Waals surface area contributed by atoms with Gasteiger partial charge in [0.2, 0.25) is 18.5 Å². The number of amides is 1. The maximum atomic E-state index is 13.8. The van der Waals surface area contributed by atoms with Crippen molar-refractivity contribution >= 4 is 11.6 Å². The number of nitrogens with zero attached hydrogens (tertiary/aromatic N) is 1. The van der Waals surface area contributed by atoms with Crippen LogP contribution in [0.3, 0.4) is 0 Å². The van der Waals surface area contributed by atoms with Gasteiger partial charge in [-0.25, -0.2) is 0 Å². The molecule has 0 fully saturated rings. The molecule has 2 aromatic carbocycles. The number of hydrogen-bond acceptors (Lipinski definition) is 5. The Bertz CT molecular complexity index is 1220. The van der Waals surface area contributed by atoms with Gasteiger partial charge in [0.15, 0.2) is 11.5 Å². The number of furan rings is 1. The van der Waals surface area contributed by atoms with Crippen molar-refractivity contribution < 1.29 is 36.6 Å². The quantitative estimate of drug-likeness (QED) is 0.573. The number of halogens is 3. The molecule has 0 aliphatic carbocycles. The maximum Gasteiger partial charge on any atom is 0.449 e. The second-order valence-corrected chi connectivity index (χ2v) is 7.70. The van der Waals surface area contributed by atoms with Crippen LogP contribution in [-0.4, -0.2) is 19.8 Å². The molecule has 0 saturated carbocycles. The SMILES string of the molecule is COc1cc2c(cc1C1(C)C(=O)N(Cc3ccc(C(F)(F)F)o3)c3ccccc31)OCO2. The van der Waals surface area contributed by atoms with E-state index < -0.39 is 17.4 Å². The van der Waals surface area contributed by atoms with Gasteiger partial charge in [0.1, 0.15) is 16.9 Å². The zero-order chi connectivity index (χ0) is 22.7. The minimum absolute atomic E-state index is 0.0300. The van der Waals surface area contributed by atoms with Crippen molar-refractivity contribution in [2.24, 2.45) is 0 Å². The summed E-state index contributed by atoms with van der Waals surface area (Å²) in [6.45, 7) is 1.68. The summed E-state index contributed by atoms with van der Waals surface area (Å²) in [5.41, 5.74) is 0.691. The van der Waals surface area contributed by atoms with E-state index in [1.165, 1.54) is 18.1 Å². The topological polar surface area (TPSA) is 61.1 Å². The van der Waals surface area contributed by atoms with E-state index in [-0.39, 0.29) is 25.0 Å². The van der Waals surface area contributed by atoms with Gasteiger partial charge in [-0.15, -0.1) is 0 Å². The molecule has 1 amide bonds. The fraction of sp³-hybridized carbons (Fsp3) is 0.261. The highest BCUT2D eigenvalue weighted by atomic mass is 19.4. The fourth-order valence-electron chi connectivity index (χ4n) is 4.30. The highest BCUT2D eigenvalue weighted by molar-refractivity contribution is 6.10. The first-order valence-electron chi connectivity index (χ1n) is 9.79. The third-order valence-electron chi connectivity index (χ3n) is 5.89. The number of anilines is 1. The van der Waals surface area contributed by atoms with E-state index in [1.807, 2.05) is 12.1 Å². The smallest absolute Gasteiger partial charge is 0.449 e. The molecule has 32 heavy (non-hydrogen) atoms. The Morgan fingerprint density at radius 1 is 1.06 bits per heavy atom. The molecule has 0 N–H and O–H groups in total. The van der Waals surface area contributed by atoms with Crippen molar-refractivity contribution in [3.63, 3.8) is 0 Å². The van der Waals surface area contributed by atoms with Gasteiger partial charge in [0, 0.05) is 17.3 Å². The number of para-hydroxylation sites is 1. The minimum atomic E-state index is -4.60. The molecular formula is C23H18F3NO5. The molecule has 0 saturated heterocycles. The molecule has 6 nitrogen and oxygen atoms in total. The minimum Gasteiger partial charge on any atom is -0.496 e. The highest BCUT2D eigenvalue weighted by Crippen LogP contribution is 2.51. The van der Waals surface area contributed by atoms with Crippen molar-refractivity contribution in [3.8, 4) is 17.2 Å². The average Bonchev–Trinajstić information content (AvgIpc) is 3.48. The summed E-state index contributed by atoms with van der Waals surface area (Å²) >= 11 is 0. The van der Waals surface area contributed by atoms with E-state index in [9.17, 15) is 18.0 Å². The third-order valence-corrected chi connectivity index (χ3v) is 5.89. The number of hydrogen-bond donors (Lipinski definition) is 0. The van der Waals surface area contributed by atoms with E-state index in [0.29, 0.717) is 34.1 Å². The summed E-state index contributed by atoms with van der Waals surface area (Å²) in [5.74, 6) is 0.0570. The highest BCUT2D eigenvalue weighted by Gasteiger charge is 2.50. The molecule has 1 aromatic heterocycles. The lowest BCUT2D eigenvalue weighted by Crippen LogP contribution is -2.39. The van der Waals surface area contributed by atoms with E-state index in [1.54, 1.807) is 31.2 Å². The molecule has 0 bridgehead atoms. The first-order chi connectivity index (χ1) is 15.2. The molecule has 2 aliphatic heterocycles. The molecule has 0 radical (unpaired) electrons. The molecule has 3 heterocycles. The molecule has 0 spiro atoms. The number of alkyl halides is 3. The van der Waals surface area contributed by atoms with Crippen molar-refractivity contribution in [2.45, 2.75) is 25.1 Å². The number of carbonyl (C=O) groups excluding carboxylic acids is 1. The van der Waals surface area contributed by atoms with E-state index in [0.717, 1.165) is 6.07 Å². The number of methoxy groups -OCH3 is 1. The van der Waals surface area contributed by atoms with Crippen molar-refractivity contribution in [2.75, 3.05) is 18.8 Å². The summed E-state index contributed by atoms with van der Waals surface area (Å²) in [4.78, 5) is 15.2. The molecule has 1 atom stereocenters. The Morgan fingerprint density at radius 3 is 2.47 bits per heavy atom. The summed E-state index contributed by atoms with van der Waals surface area (Å²) in [5, 5.41) is 0. The van der Waals surface area contributed by atoms with Gasteiger partial charge in [-0.2, -0.15) is 13.2 Å². The normalized spacial score (nSPS) is 19.4. The fourth-order valence-corrected chi connectivity index (χ4v) is 4.30. The largest absolute Gasteiger partial charge is 0.496 e. The molecule has 9 heteroatoms. The predicted molar refractivity (Wildman–Crippen MR) is 107 cm³/mol. The zero-order valence-electron chi connectivity index (χ0n) is 17.2. The molecule has 166 valence electrons. The van der Waals surface area contributed by atoms with Crippen LogP contribution in [0.25, 0.3) is 0 Å². The second-order valence-electron chi connectivity index (χ2n) is 7.70. The standard InChI is InChI=1S/C23H18F3NO5/c1-22(15-9-18-19(31-12-30-18)10-17(15)29-2)14-5-3-4-6-16(14)27(21(22)28)11-13-7-8-20(32-13)23(24,25)26/h3-10H,11-12H2,1-2H3. The van der Waals surface area contributed by atoms with Crippen LogP contribution in [0.4, 0.5) is 18.9 Å². The van der Waals surface area contributed by atoms with Crippen molar-refractivity contribution in [1.29, 1.82) is 0 Å². The van der Waals surface area contributed by atoms with Crippen molar-refractivity contribution in [3.05, 3.63) is 71.2 Å². The summed E-state index contributed by atoms with van der Waals surface area (Å²) in [6.07, 6.45) is -4.60. The van der Waals surface area contributed by atoms with Gasteiger partial charge >= 0.3 is 6.18 Å². The number of fused-ring (bicyclic) bond motifs is 2. The first-order valence-corrected chi connectivity index (χ1v) is 9.79. The van der Waals surface area contributed by atoms with Crippen LogP contribution >= 0.6 is 0 Å². The molecule has 1 unspecified atom stereocenters. The Morgan fingerprint density at radius 2 is 1.78 bits per heavy atom. The summed E-state index contributed by atoms with van der Waals surface area (Å²) in [6, 6.07) is 12.6. The molecule has 3 aromatic rings. The van der Waals surface area contributed by atoms with Crippen LogP contribution in [0, 0.1) is 0 Å². The maximum absolute atomic E-state index is 13.8. The predicted octanol–water partition coefficient (Wildman–Crippen LogP) is 4.89. The number of benzene rings is 2. The molecular weight excluding hydrogens is 427 g/mol. The molecule has 5 rings (SSSR count). The van der Waals surface area contributed by atoms with E-state index >= 15 is 0 Å². The van der Waals surface area contributed by atoms with Gasteiger partial charge in [-0.05, 0) is 36.8 Å². The van der Waals surface area contributed by atoms with Gasteiger partial charge < -0.3 is 23.5 Å². The van der Waals surface area contributed by atoms with Crippen LogP contribution in [0.5, 0.6) is 17.2 Å². The summed E-state index contributed by atoms with van der Waals surface area (Å²) < 4.78 is 60.3. The van der Waals surface area contributed by atoms with Crippen LogP contribution in [0.15, 0.2) is 52.9 Å². The Hall–Kier alpha value is -3.62. The lowest BCUT2D eigenvalue weighted by Gasteiger charge is -2.27. The number of carbonyl (C=O) groups is 1. The lowest BCUT2D eigenvalue weighted by atomic mass is 9.76. The third kappa shape index (κ3) is 2.91. The summed E-state index contributed by atoms with van der Waals surface area (Å²) in [7, 11) is 1.50. The van der Waals surface area contributed by atoms with Gasteiger partial charge in [0.05, 0.1) is 13.7 Å². The van der Waals surface area contributed by atoms with Crippen LogP contribution < -0.4 is 19.1 Å². The monoisotopic (exact) mass is 445 g/mol. The zero-order valence-corrected chi connectivity index (χ0v) is 17.2. The second kappa shape index (κ2) is 6.94. The number of rotatable bonds is 4. The molecule has 2 aliphatic rings. The van der Waals surface area contributed by atoms with Crippen LogP contribution in [0.1, 0.15) is 29.6 Å². The van der Waals surface area contributed by atoms with Gasteiger partial charge in [0.25, 0.3) is 0 Å². The van der Waals surface area contributed by atoms with Gasteiger partial charge in [-0.3, -0.25) is 4.79 Å². The first kappa shape index (κ1) is 20.3. The van der Waals surface area contributed by atoms with Crippen LogP contribution in [0.2, 0.25) is 0 Å². The average molecular weight is 445 g/mol. The van der Waals surface area contributed by atoms with Gasteiger partial charge in [-0.1, -0.05) is 18.2 Å². The Kier molecular flexibility index (Phi) is 4.40. The Balaban J connectivity index is 1.60.